The highest BCUT2D eigenvalue weighted by Gasteiger charge is 2.25. The molecule has 0 N–H and O–H groups in total. The highest BCUT2D eigenvalue weighted by Crippen LogP contribution is 2.31. The van der Waals surface area contributed by atoms with Gasteiger partial charge in [-0.05, 0) is 25.1 Å². The molecule has 0 aliphatic carbocycles. The van der Waals surface area contributed by atoms with Crippen molar-refractivity contribution in [3.63, 3.8) is 0 Å². The molecule has 7 heteroatoms. The van der Waals surface area contributed by atoms with Gasteiger partial charge in [0, 0.05) is 38.5 Å². The first-order valence-electron chi connectivity index (χ1n) is 8.64. The van der Waals surface area contributed by atoms with E-state index in [0.717, 1.165) is 26.5 Å². The molecule has 0 saturated carbocycles. The Balaban J connectivity index is 1.62. The topological polar surface area (TPSA) is 58.4 Å². The lowest BCUT2D eigenvalue weighted by Crippen LogP contribution is -2.49. The number of hydrogen-bond donors (Lipinski definition) is 0. The van der Waals surface area contributed by atoms with Gasteiger partial charge in [0.05, 0.1) is 16.3 Å². The van der Waals surface area contributed by atoms with Gasteiger partial charge in [0.25, 0.3) is 5.91 Å². The first-order chi connectivity index (χ1) is 12.5. The Morgan fingerprint density at radius 2 is 1.69 bits per heavy atom. The van der Waals surface area contributed by atoms with Crippen LogP contribution in [0.25, 0.3) is 15.9 Å². The molecule has 2 aromatic heterocycles. The maximum Gasteiger partial charge on any atom is 0.264 e. The molecule has 3 heterocycles. The van der Waals surface area contributed by atoms with Crippen molar-refractivity contribution in [2.45, 2.75) is 13.8 Å². The Morgan fingerprint density at radius 3 is 2.35 bits per heavy atom. The van der Waals surface area contributed by atoms with Gasteiger partial charge in [-0.2, -0.15) is 5.10 Å². The predicted molar refractivity (Wildman–Crippen MR) is 102 cm³/mol. The number of piperazine rings is 1. The summed E-state index contributed by atoms with van der Waals surface area (Å²) in [6.45, 7) is 5.90. The molecule has 1 fully saturated rings. The van der Waals surface area contributed by atoms with Gasteiger partial charge in [-0.15, -0.1) is 11.3 Å². The zero-order valence-corrected chi connectivity index (χ0v) is 15.6. The van der Waals surface area contributed by atoms with Gasteiger partial charge in [-0.1, -0.05) is 18.2 Å². The number of thiophene rings is 1. The van der Waals surface area contributed by atoms with Gasteiger partial charge >= 0.3 is 0 Å². The van der Waals surface area contributed by atoms with E-state index in [1.807, 2.05) is 52.9 Å². The average molecular weight is 368 g/mol. The number of nitrogens with zero attached hydrogens (tertiary/aromatic N) is 4. The van der Waals surface area contributed by atoms with E-state index in [4.69, 9.17) is 0 Å². The summed E-state index contributed by atoms with van der Waals surface area (Å²) in [4.78, 5) is 29.7. The molecule has 1 aliphatic heterocycles. The summed E-state index contributed by atoms with van der Waals surface area (Å²) in [5, 5.41) is 5.64. The average Bonchev–Trinajstić information content (AvgIpc) is 3.23. The predicted octanol–water partition coefficient (Wildman–Crippen LogP) is 2.70. The van der Waals surface area contributed by atoms with E-state index in [-0.39, 0.29) is 11.8 Å². The van der Waals surface area contributed by atoms with Crippen LogP contribution in [0.4, 0.5) is 0 Å². The molecular formula is C19H20N4O2S. The van der Waals surface area contributed by atoms with Crippen LogP contribution in [0.2, 0.25) is 0 Å². The molecule has 134 valence electrons. The molecule has 0 spiro atoms. The fourth-order valence-corrected chi connectivity index (χ4v) is 4.43. The Bertz CT molecular complexity index is 968. The zero-order chi connectivity index (χ0) is 18.3. The van der Waals surface area contributed by atoms with E-state index in [2.05, 4.69) is 5.10 Å². The maximum atomic E-state index is 12.9. The maximum absolute atomic E-state index is 12.9. The largest absolute Gasteiger partial charge is 0.339 e. The minimum absolute atomic E-state index is 0.0356. The van der Waals surface area contributed by atoms with Crippen molar-refractivity contribution < 1.29 is 9.59 Å². The standard InChI is InChI=1S/C19H20N4O2S/c1-13-16-12-17(18(25)22-10-8-21(9-11-22)14(2)24)26-19(16)23(20-13)15-6-4-3-5-7-15/h3-7,12H,8-11H2,1-2H3. The fraction of sp³-hybridized carbons (Fsp3) is 0.316. The molecule has 2 amide bonds. The minimum Gasteiger partial charge on any atom is -0.339 e. The highest BCUT2D eigenvalue weighted by atomic mass is 32.1. The van der Waals surface area contributed by atoms with Gasteiger partial charge in [-0.3, -0.25) is 9.59 Å². The van der Waals surface area contributed by atoms with Gasteiger partial charge < -0.3 is 9.80 Å². The molecule has 6 nitrogen and oxygen atoms in total. The van der Waals surface area contributed by atoms with Crippen LogP contribution in [0.15, 0.2) is 36.4 Å². The van der Waals surface area contributed by atoms with Crippen molar-refractivity contribution in [1.29, 1.82) is 0 Å². The summed E-state index contributed by atoms with van der Waals surface area (Å²) >= 11 is 1.48. The number of rotatable bonds is 2. The number of hydrogen-bond acceptors (Lipinski definition) is 4. The summed E-state index contributed by atoms with van der Waals surface area (Å²) in [7, 11) is 0. The lowest BCUT2D eigenvalue weighted by atomic mass is 10.2. The SMILES string of the molecule is CC(=O)N1CCN(C(=O)c2cc3c(C)nn(-c4ccccc4)c3s2)CC1. The third kappa shape index (κ3) is 2.88. The molecule has 1 saturated heterocycles. The highest BCUT2D eigenvalue weighted by molar-refractivity contribution is 7.20. The Kier molecular flexibility index (Phi) is 4.24. The summed E-state index contributed by atoms with van der Waals surface area (Å²) in [5.74, 6) is 0.103. The van der Waals surface area contributed by atoms with E-state index in [1.54, 1.807) is 11.8 Å². The lowest BCUT2D eigenvalue weighted by molar-refractivity contribution is -0.130. The monoisotopic (exact) mass is 368 g/mol. The molecule has 0 bridgehead atoms. The second-order valence-corrected chi connectivity index (χ2v) is 7.49. The summed E-state index contributed by atoms with van der Waals surface area (Å²) in [5.41, 5.74) is 1.90. The third-order valence-corrected chi connectivity index (χ3v) is 5.87. The van der Waals surface area contributed by atoms with E-state index in [9.17, 15) is 9.59 Å². The fourth-order valence-electron chi connectivity index (χ4n) is 3.28. The van der Waals surface area contributed by atoms with Crippen LogP contribution in [0.3, 0.4) is 0 Å². The Labute approximate surface area is 155 Å². The molecular weight excluding hydrogens is 348 g/mol. The smallest absolute Gasteiger partial charge is 0.264 e. The van der Waals surface area contributed by atoms with E-state index in [0.29, 0.717) is 26.2 Å². The second-order valence-electron chi connectivity index (χ2n) is 6.46. The Morgan fingerprint density at radius 1 is 1.04 bits per heavy atom. The van der Waals surface area contributed by atoms with Crippen LogP contribution in [0, 0.1) is 6.92 Å². The third-order valence-electron chi connectivity index (χ3n) is 4.77. The lowest BCUT2D eigenvalue weighted by Gasteiger charge is -2.33. The van der Waals surface area contributed by atoms with Crippen LogP contribution < -0.4 is 0 Å². The summed E-state index contributed by atoms with van der Waals surface area (Å²) in [6.07, 6.45) is 0. The molecule has 3 aromatic rings. The second kappa shape index (κ2) is 6.57. The first kappa shape index (κ1) is 16.8. The number of para-hydroxylation sites is 1. The van der Waals surface area contributed by atoms with Crippen molar-refractivity contribution >= 4 is 33.4 Å². The van der Waals surface area contributed by atoms with Crippen molar-refractivity contribution in [2.24, 2.45) is 0 Å². The quantitative estimate of drug-likeness (QED) is 0.699. The van der Waals surface area contributed by atoms with E-state index < -0.39 is 0 Å². The molecule has 0 unspecified atom stereocenters. The van der Waals surface area contributed by atoms with Gasteiger partial charge in [0.15, 0.2) is 0 Å². The van der Waals surface area contributed by atoms with Crippen molar-refractivity contribution in [2.75, 3.05) is 26.2 Å². The van der Waals surface area contributed by atoms with Gasteiger partial charge in [-0.25, -0.2) is 4.68 Å². The van der Waals surface area contributed by atoms with Crippen LogP contribution in [-0.2, 0) is 4.79 Å². The van der Waals surface area contributed by atoms with Crippen LogP contribution >= 0.6 is 11.3 Å². The number of aromatic nitrogens is 2. The summed E-state index contributed by atoms with van der Waals surface area (Å²) < 4.78 is 1.90. The molecule has 1 aliphatic rings. The number of aryl methyl sites for hydroxylation is 1. The number of benzene rings is 1. The van der Waals surface area contributed by atoms with Crippen LogP contribution in [0.1, 0.15) is 22.3 Å². The number of carbonyl (C=O) groups is 2. The van der Waals surface area contributed by atoms with Crippen LogP contribution in [0.5, 0.6) is 0 Å². The number of amides is 2. The van der Waals surface area contributed by atoms with Crippen molar-refractivity contribution in [1.82, 2.24) is 19.6 Å². The number of carbonyl (C=O) groups excluding carboxylic acids is 2. The Hall–Kier alpha value is -2.67. The van der Waals surface area contributed by atoms with Crippen LogP contribution in [-0.4, -0.2) is 57.6 Å². The van der Waals surface area contributed by atoms with E-state index >= 15 is 0 Å². The molecule has 26 heavy (non-hydrogen) atoms. The van der Waals surface area contributed by atoms with Crippen molar-refractivity contribution in [3.05, 3.63) is 47.0 Å². The minimum atomic E-state index is 0.0356. The van der Waals surface area contributed by atoms with E-state index in [1.165, 1.54) is 11.3 Å². The molecule has 0 radical (unpaired) electrons. The normalized spacial score (nSPS) is 14.8. The summed E-state index contributed by atoms with van der Waals surface area (Å²) in [6, 6.07) is 11.9. The molecule has 4 rings (SSSR count). The zero-order valence-electron chi connectivity index (χ0n) is 14.8. The van der Waals surface area contributed by atoms with Gasteiger partial charge in [0.2, 0.25) is 5.91 Å². The first-order valence-corrected chi connectivity index (χ1v) is 9.45. The van der Waals surface area contributed by atoms with Gasteiger partial charge in [0.1, 0.15) is 4.83 Å². The number of fused-ring (bicyclic) bond motifs is 1. The van der Waals surface area contributed by atoms with Crippen molar-refractivity contribution in [3.8, 4) is 5.69 Å². The molecule has 1 aromatic carbocycles. The molecule has 0 atom stereocenters.